The minimum Gasteiger partial charge on any atom is -0.252 e. The number of fused-ring (bicyclic) bond motifs is 1. The molecule has 0 amide bonds. The van der Waals surface area contributed by atoms with Gasteiger partial charge in [0.1, 0.15) is 4.90 Å². The quantitative estimate of drug-likeness (QED) is 0.853. The lowest BCUT2D eigenvalue weighted by atomic mass is 10.2. The molecule has 0 atom stereocenters. The van der Waals surface area contributed by atoms with Crippen LogP contribution in [-0.2, 0) is 10.0 Å². The molecule has 1 saturated carbocycles. The Bertz CT molecular complexity index is 767. The molecule has 0 unspecified atom stereocenters. The lowest BCUT2D eigenvalue weighted by Crippen LogP contribution is -2.28. The second kappa shape index (κ2) is 5.39. The van der Waals surface area contributed by atoms with Crippen LogP contribution in [0, 0.1) is 12.8 Å². The molecule has 0 radical (unpaired) electrons. The average Bonchev–Trinajstić information content (AvgIpc) is 3.28. The summed E-state index contributed by atoms with van der Waals surface area (Å²) in [5.41, 5.74) is 1.39. The molecule has 1 aromatic heterocycles. The normalized spacial score (nSPS) is 15.8. The molecule has 0 aliphatic heterocycles. The van der Waals surface area contributed by atoms with Gasteiger partial charge in [0, 0.05) is 24.7 Å². The predicted molar refractivity (Wildman–Crippen MR) is 83.6 cm³/mol. The van der Waals surface area contributed by atoms with Crippen molar-refractivity contribution in [2.75, 3.05) is 13.6 Å². The number of para-hydroxylation sites is 1. The van der Waals surface area contributed by atoms with E-state index in [-0.39, 0.29) is 0 Å². The summed E-state index contributed by atoms with van der Waals surface area (Å²) in [5, 5.41) is 0.859. The molecule has 0 spiro atoms. The van der Waals surface area contributed by atoms with Gasteiger partial charge in [0.25, 0.3) is 0 Å². The van der Waals surface area contributed by atoms with E-state index in [2.05, 4.69) is 4.98 Å². The van der Waals surface area contributed by atoms with Crippen LogP contribution in [0.3, 0.4) is 0 Å². The predicted octanol–water partition coefficient (Wildman–Crippen LogP) is 2.96. The summed E-state index contributed by atoms with van der Waals surface area (Å²) in [7, 11) is -1.82. The number of aromatic nitrogens is 1. The number of pyridine rings is 1. The minimum atomic E-state index is -3.48. The molecule has 1 aliphatic carbocycles. The fourth-order valence-electron chi connectivity index (χ4n) is 2.48. The molecule has 1 heterocycles. The van der Waals surface area contributed by atoms with Gasteiger partial charge in [-0.1, -0.05) is 31.0 Å². The molecule has 3 rings (SSSR count). The molecule has 0 saturated heterocycles. The third-order valence-corrected chi connectivity index (χ3v) is 5.95. The molecule has 1 fully saturated rings. The second-order valence-corrected chi connectivity index (χ2v) is 7.85. The highest BCUT2D eigenvalue weighted by Crippen LogP contribution is 2.33. The van der Waals surface area contributed by atoms with Crippen molar-refractivity contribution >= 4 is 20.9 Å². The van der Waals surface area contributed by atoms with E-state index in [4.69, 9.17) is 0 Å². The van der Waals surface area contributed by atoms with E-state index >= 15 is 0 Å². The Morgan fingerprint density at radius 1 is 1.24 bits per heavy atom. The number of hydrogen-bond donors (Lipinski definition) is 0. The molecule has 2 aromatic rings. The minimum absolute atomic E-state index is 0.307. The van der Waals surface area contributed by atoms with Crippen molar-refractivity contribution in [2.24, 2.45) is 5.92 Å². The van der Waals surface area contributed by atoms with E-state index in [0.717, 1.165) is 23.4 Å². The van der Waals surface area contributed by atoms with Crippen LogP contribution in [-0.4, -0.2) is 31.3 Å². The Balaban J connectivity index is 1.99. The van der Waals surface area contributed by atoms with Gasteiger partial charge in [0.2, 0.25) is 10.0 Å². The van der Waals surface area contributed by atoms with Crippen LogP contribution in [0.1, 0.15) is 25.0 Å². The average molecular weight is 304 g/mol. The van der Waals surface area contributed by atoms with E-state index in [1.54, 1.807) is 19.2 Å². The molecule has 21 heavy (non-hydrogen) atoms. The molecule has 1 aromatic carbocycles. The highest BCUT2D eigenvalue weighted by atomic mass is 32.2. The third kappa shape index (κ3) is 2.94. The molecular formula is C16H20N2O2S. The summed E-state index contributed by atoms with van der Waals surface area (Å²) in [4.78, 5) is 4.73. The van der Waals surface area contributed by atoms with Crippen LogP contribution in [0.25, 0.3) is 10.9 Å². The van der Waals surface area contributed by atoms with Crippen molar-refractivity contribution in [2.45, 2.75) is 31.1 Å². The van der Waals surface area contributed by atoms with Crippen LogP contribution in [0.15, 0.2) is 35.2 Å². The molecule has 4 nitrogen and oxygen atoms in total. The summed E-state index contributed by atoms with van der Waals surface area (Å²) in [6.07, 6.45) is 3.43. The highest BCUT2D eigenvalue weighted by molar-refractivity contribution is 7.89. The third-order valence-electron chi connectivity index (χ3n) is 4.06. The number of nitrogens with zero attached hydrogens (tertiary/aromatic N) is 2. The standard InChI is InChI=1S/C16H20N2O2S/c1-12-6-9-14-4-3-5-15(16(14)17-12)21(19,20)18(2)11-10-13-7-8-13/h3-6,9,13H,7-8,10-11H2,1-2H3. The highest BCUT2D eigenvalue weighted by Gasteiger charge is 2.27. The SMILES string of the molecule is Cc1ccc2cccc(S(=O)(=O)N(C)CCC3CC3)c2n1. The van der Waals surface area contributed by atoms with Crippen molar-refractivity contribution in [1.29, 1.82) is 0 Å². The molecule has 0 bridgehead atoms. The van der Waals surface area contributed by atoms with Crippen LogP contribution >= 0.6 is 0 Å². The number of aryl methyl sites for hydroxylation is 1. The second-order valence-electron chi connectivity index (χ2n) is 5.84. The molecule has 5 heteroatoms. The zero-order valence-corrected chi connectivity index (χ0v) is 13.2. The zero-order chi connectivity index (χ0) is 15.0. The molecule has 112 valence electrons. The van der Waals surface area contributed by atoms with Crippen LogP contribution in [0.2, 0.25) is 0 Å². The molecule has 0 N–H and O–H groups in total. The van der Waals surface area contributed by atoms with Crippen molar-refractivity contribution in [3.8, 4) is 0 Å². The van der Waals surface area contributed by atoms with Gasteiger partial charge in [0.15, 0.2) is 0 Å². The van der Waals surface area contributed by atoms with Gasteiger partial charge in [0.05, 0.1) is 5.52 Å². The fraction of sp³-hybridized carbons (Fsp3) is 0.438. The number of benzene rings is 1. The Hall–Kier alpha value is -1.46. The first-order valence-electron chi connectivity index (χ1n) is 7.31. The van der Waals surface area contributed by atoms with Gasteiger partial charge in [-0.25, -0.2) is 12.7 Å². The lowest BCUT2D eigenvalue weighted by Gasteiger charge is -2.18. The first-order chi connectivity index (χ1) is 9.98. The van der Waals surface area contributed by atoms with E-state index in [1.165, 1.54) is 17.1 Å². The maximum atomic E-state index is 12.8. The Morgan fingerprint density at radius 2 is 2.00 bits per heavy atom. The van der Waals surface area contributed by atoms with Gasteiger partial charge in [-0.3, -0.25) is 4.98 Å². The van der Waals surface area contributed by atoms with Crippen molar-refractivity contribution < 1.29 is 8.42 Å². The van der Waals surface area contributed by atoms with Crippen molar-refractivity contribution in [1.82, 2.24) is 9.29 Å². The maximum absolute atomic E-state index is 12.8. The summed E-state index contributed by atoms with van der Waals surface area (Å²) in [6.45, 7) is 2.45. The summed E-state index contributed by atoms with van der Waals surface area (Å²) < 4.78 is 27.0. The Kier molecular flexibility index (Phi) is 3.71. The van der Waals surface area contributed by atoms with Gasteiger partial charge in [-0.15, -0.1) is 0 Å². The van der Waals surface area contributed by atoms with E-state index in [1.807, 2.05) is 25.1 Å². The smallest absolute Gasteiger partial charge is 0.244 e. The first kappa shape index (κ1) is 14.5. The van der Waals surface area contributed by atoms with Gasteiger partial charge >= 0.3 is 0 Å². The summed E-state index contributed by atoms with van der Waals surface area (Å²) in [6, 6.07) is 9.14. The largest absolute Gasteiger partial charge is 0.252 e. The monoisotopic (exact) mass is 304 g/mol. The Labute approximate surface area is 125 Å². The zero-order valence-electron chi connectivity index (χ0n) is 12.4. The molecule has 1 aliphatic rings. The number of sulfonamides is 1. The van der Waals surface area contributed by atoms with Gasteiger partial charge in [-0.2, -0.15) is 0 Å². The number of rotatable bonds is 5. The van der Waals surface area contributed by atoms with Gasteiger partial charge in [-0.05, 0) is 31.4 Å². The van der Waals surface area contributed by atoms with E-state index < -0.39 is 10.0 Å². The fourth-order valence-corrected chi connectivity index (χ4v) is 3.82. The van der Waals surface area contributed by atoms with Crippen LogP contribution in [0.4, 0.5) is 0 Å². The summed E-state index contributed by atoms with van der Waals surface area (Å²) >= 11 is 0. The van der Waals surface area contributed by atoms with Gasteiger partial charge < -0.3 is 0 Å². The maximum Gasteiger partial charge on any atom is 0.244 e. The lowest BCUT2D eigenvalue weighted by molar-refractivity contribution is 0.451. The Morgan fingerprint density at radius 3 is 2.71 bits per heavy atom. The topological polar surface area (TPSA) is 50.3 Å². The summed E-state index contributed by atoms with van der Waals surface area (Å²) in [5.74, 6) is 0.718. The van der Waals surface area contributed by atoms with Crippen LogP contribution in [0.5, 0.6) is 0 Å². The first-order valence-corrected chi connectivity index (χ1v) is 8.75. The number of hydrogen-bond acceptors (Lipinski definition) is 3. The van der Waals surface area contributed by atoms with E-state index in [0.29, 0.717) is 17.0 Å². The van der Waals surface area contributed by atoms with Crippen LogP contribution < -0.4 is 0 Å². The van der Waals surface area contributed by atoms with Crippen molar-refractivity contribution in [3.05, 3.63) is 36.0 Å². The van der Waals surface area contributed by atoms with Crippen molar-refractivity contribution in [3.63, 3.8) is 0 Å². The molecular weight excluding hydrogens is 284 g/mol. The van der Waals surface area contributed by atoms with E-state index in [9.17, 15) is 8.42 Å².